The average molecular weight is 287 g/mol. The minimum atomic E-state index is -5.91. The van der Waals surface area contributed by atoms with Crippen LogP contribution in [0.4, 0.5) is 26.3 Å². The van der Waals surface area contributed by atoms with Crippen LogP contribution in [-0.4, -0.2) is 34.3 Å². The van der Waals surface area contributed by atoms with Gasteiger partial charge >= 0.3 is 12.4 Å². The van der Waals surface area contributed by atoms with Crippen LogP contribution in [0.15, 0.2) is 18.2 Å². The lowest BCUT2D eigenvalue weighted by Gasteiger charge is -2.32. The van der Waals surface area contributed by atoms with Gasteiger partial charge in [-0.3, -0.25) is 4.79 Å². The van der Waals surface area contributed by atoms with E-state index in [1.165, 1.54) is 0 Å². The fourth-order valence-corrected chi connectivity index (χ4v) is 1.29. The van der Waals surface area contributed by atoms with Crippen molar-refractivity contribution in [2.24, 2.45) is 0 Å². The van der Waals surface area contributed by atoms with Gasteiger partial charge in [0.2, 0.25) is 0 Å². The van der Waals surface area contributed by atoms with E-state index < -0.39 is 30.1 Å². The fourth-order valence-electron chi connectivity index (χ4n) is 1.29. The first-order valence-corrected chi connectivity index (χ1v) is 4.78. The fraction of sp³-hybridized carbons (Fsp3) is 0.400. The molecule has 106 valence electrons. The highest BCUT2D eigenvalue weighted by molar-refractivity contribution is 5.71. The molecule has 0 radical (unpaired) electrons. The zero-order valence-electron chi connectivity index (χ0n) is 9.09. The van der Waals surface area contributed by atoms with Crippen LogP contribution >= 0.6 is 0 Å². The first-order valence-electron chi connectivity index (χ1n) is 4.78. The van der Waals surface area contributed by atoms with E-state index in [1.807, 2.05) is 0 Å². The lowest BCUT2D eigenvalue weighted by atomic mass is 9.95. The van der Waals surface area contributed by atoms with E-state index in [9.17, 15) is 31.1 Å². The largest absolute Gasteiger partial charge is 0.426 e. The number of alkyl halides is 6. The van der Waals surface area contributed by atoms with Crippen molar-refractivity contribution < 1.29 is 36.2 Å². The lowest BCUT2D eigenvalue weighted by molar-refractivity contribution is -0.367. The van der Waals surface area contributed by atoms with Gasteiger partial charge in [-0.1, -0.05) is 6.07 Å². The Labute approximate surface area is 102 Å². The molecule has 0 saturated heterocycles. The molecule has 0 amide bonds. The predicted molar refractivity (Wildman–Crippen MR) is 50.4 cm³/mol. The van der Waals surface area contributed by atoms with Crippen molar-refractivity contribution in [2.45, 2.75) is 24.4 Å². The van der Waals surface area contributed by atoms with E-state index >= 15 is 0 Å². The standard InChI is InChI=1S/C10H7F6NO2/c11-9(12,13)8(19,10(14,15)16)4-6-2-1-3-7(5-18)17-6/h1-3,5,19H,4H2. The molecule has 0 saturated carbocycles. The van der Waals surface area contributed by atoms with Gasteiger partial charge in [0, 0.05) is 12.1 Å². The van der Waals surface area contributed by atoms with E-state index in [0.29, 0.717) is 0 Å². The topological polar surface area (TPSA) is 50.2 Å². The maximum Gasteiger partial charge on any atom is 0.426 e. The first-order chi connectivity index (χ1) is 8.51. The molecular formula is C10H7F6NO2. The van der Waals surface area contributed by atoms with E-state index in [4.69, 9.17) is 5.11 Å². The Morgan fingerprint density at radius 2 is 1.63 bits per heavy atom. The highest BCUT2D eigenvalue weighted by Gasteiger charge is 2.70. The monoisotopic (exact) mass is 287 g/mol. The minimum Gasteiger partial charge on any atom is -0.373 e. The third-order valence-corrected chi connectivity index (χ3v) is 2.32. The number of aliphatic hydroxyl groups is 1. The molecule has 1 N–H and O–H groups in total. The smallest absolute Gasteiger partial charge is 0.373 e. The Hall–Kier alpha value is -1.64. The summed E-state index contributed by atoms with van der Waals surface area (Å²) in [5.74, 6) is 0. The second kappa shape index (κ2) is 4.80. The van der Waals surface area contributed by atoms with Crippen LogP contribution in [-0.2, 0) is 6.42 Å². The van der Waals surface area contributed by atoms with E-state index in [-0.39, 0.29) is 12.0 Å². The summed E-state index contributed by atoms with van der Waals surface area (Å²) in [6.07, 6.45) is -13.5. The Balaban J connectivity index is 3.19. The molecule has 1 heterocycles. The number of carbonyl (C=O) groups is 1. The van der Waals surface area contributed by atoms with Crippen molar-refractivity contribution >= 4 is 6.29 Å². The predicted octanol–water partition coefficient (Wildman–Crippen LogP) is 2.29. The van der Waals surface area contributed by atoms with Gasteiger partial charge < -0.3 is 5.11 Å². The molecule has 0 aliphatic carbocycles. The second-order valence-electron chi connectivity index (χ2n) is 3.70. The molecule has 1 aromatic rings. The summed E-state index contributed by atoms with van der Waals surface area (Å²) in [6, 6.07) is 3.03. The van der Waals surface area contributed by atoms with E-state index in [1.54, 1.807) is 0 Å². The Morgan fingerprint density at radius 1 is 1.11 bits per heavy atom. The Morgan fingerprint density at radius 3 is 2.05 bits per heavy atom. The van der Waals surface area contributed by atoms with Crippen LogP contribution in [0.25, 0.3) is 0 Å². The van der Waals surface area contributed by atoms with Crippen molar-refractivity contribution in [3.8, 4) is 0 Å². The SMILES string of the molecule is O=Cc1cccc(CC(O)(C(F)(F)F)C(F)(F)F)n1. The molecule has 9 heteroatoms. The molecule has 1 rings (SSSR count). The number of hydrogen-bond acceptors (Lipinski definition) is 3. The zero-order chi connectivity index (χ0) is 14.9. The van der Waals surface area contributed by atoms with Crippen molar-refractivity contribution in [3.05, 3.63) is 29.6 Å². The molecule has 0 aliphatic heterocycles. The summed E-state index contributed by atoms with van der Waals surface area (Å²) < 4.78 is 74.4. The van der Waals surface area contributed by atoms with Crippen molar-refractivity contribution in [1.29, 1.82) is 0 Å². The Bertz CT molecular complexity index is 454. The van der Waals surface area contributed by atoms with Gasteiger partial charge in [-0.15, -0.1) is 0 Å². The highest BCUT2D eigenvalue weighted by atomic mass is 19.4. The summed E-state index contributed by atoms with van der Waals surface area (Å²) in [5.41, 5.74) is -5.93. The molecule has 0 aromatic carbocycles. The zero-order valence-corrected chi connectivity index (χ0v) is 9.09. The maximum atomic E-state index is 12.4. The third kappa shape index (κ3) is 3.03. The number of halogens is 6. The second-order valence-corrected chi connectivity index (χ2v) is 3.70. The van der Waals surface area contributed by atoms with Gasteiger partial charge in [-0.05, 0) is 12.1 Å². The number of carbonyl (C=O) groups excluding carboxylic acids is 1. The molecule has 0 unspecified atom stereocenters. The first kappa shape index (κ1) is 15.4. The molecule has 3 nitrogen and oxygen atoms in total. The molecule has 0 spiro atoms. The van der Waals surface area contributed by atoms with Crippen LogP contribution in [0.3, 0.4) is 0 Å². The molecule has 0 fully saturated rings. The number of pyridine rings is 1. The van der Waals surface area contributed by atoms with Crippen LogP contribution in [0.2, 0.25) is 0 Å². The van der Waals surface area contributed by atoms with Gasteiger partial charge in [0.05, 0.1) is 0 Å². The average Bonchev–Trinajstić information content (AvgIpc) is 2.26. The molecule has 1 aromatic heterocycles. The van der Waals surface area contributed by atoms with Gasteiger partial charge in [-0.25, -0.2) is 4.98 Å². The van der Waals surface area contributed by atoms with Gasteiger partial charge in [0.15, 0.2) is 6.29 Å². The molecule has 0 atom stereocenters. The van der Waals surface area contributed by atoms with Gasteiger partial charge in [0.1, 0.15) is 5.69 Å². The Kier molecular flexibility index (Phi) is 3.89. The number of hydrogen-bond donors (Lipinski definition) is 1. The van der Waals surface area contributed by atoms with Crippen molar-refractivity contribution in [2.75, 3.05) is 0 Å². The molecule has 0 bridgehead atoms. The van der Waals surface area contributed by atoms with Gasteiger partial charge in [0.25, 0.3) is 5.60 Å². The minimum absolute atomic E-state index is 0.170. The number of nitrogens with zero attached hydrogens (tertiary/aromatic N) is 1. The van der Waals surface area contributed by atoms with Crippen LogP contribution in [0.5, 0.6) is 0 Å². The summed E-state index contributed by atoms with van der Waals surface area (Å²) in [5, 5.41) is 8.92. The number of aromatic nitrogens is 1. The van der Waals surface area contributed by atoms with Crippen molar-refractivity contribution in [3.63, 3.8) is 0 Å². The molecular weight excluding hydrogens is 280 g/mol. The number of aldehydes is 1. The molecule has 0 aliphatic rings. The number of rotatable bonds is 3. The highest BCUT2D eigenvalue weighted by Crippen LogP contribution is 2.44. The normalized spacial score (nSPS) is 13.4. The summed E-state index contributed by atoms with van der Waals surface area (Å²) in [4.78, 5) is 13.6. The van der Waals surface area contributed by atoms with E-state index in [2.05, 4.69) is 4.98 Å². The summed E-state index contributed by atoms with van der Waals surface area (Å²) in [7, 11) is 0. The quantitative estimate of drug-likeness (QED) is 0.685. The van der Waals surface area contributed by atoms with Gasteiger partial charge in [-0.2, -0.15) is 26.3 Å². The van der Waals surface area contributed by atoms with Crippen molar-refractivity contribution in [1.82, 2.24) is 4.98 Å². The summed E-state index contributed by atoms with van der Waals surface area (Å²) in [6.45, 7) is 0. The maximum absolute atomic E-state index is 12.4. The van der Waals surface area contributed by atoms with Crippen LogP contribution in [0.1, 0.15) is 16.2 Å². The van der Waals surface area contributed by atoms with Crippen LogP contribution in [0, 0.1) is 0 Å². The lowest BCUT2D eigenvalue weighted by Crippen LogP contribution is -2.58. The van der Waals surface area contributed by atoms with E-state index in [0.717, 1.165) is 18.2 Å². The third-order valence-electron chi connectivity index (χ3n) is 2.32. The molecule has 19 heavy (non-hydrogen) atoms. The van der Waals surface area contributed by atoms with Crippen LogP contribution < -0.4 is 0 Å². The summed E-state index contributed by atoms with van der Waals surface area (Å²) >= 11 is 0.